The van der Waals surface area contributed by atoms with Crippen molar-refractivity contribution in [3.63, 3.8) is 0 Å². The van der Waals surface area contributed by atoms with Crippen LogP contribution in [0.2, 0.25) is 0 Å². The van der Waals surface area contributed by atoms with E-state index in [-0.39, 0.29) is 11.9 Å². The number of hydrogen-bond acceptors (Lipinski definition) is 4. The van der Waals surface area contributed by atoms with E-state index < -0.39 is 0 Å². The monoisotopic (exact) mass is 305 g/mol. The quantitative estimate of drug-likeness (QED) is 0.757. The Hall–Kier alpha value is -1.55. The molecule has 0 radical (unpaired) electrons. The predicted molar refractivity (Wildman–Crippen MR) is 86.9 cm³/mol. The van der Waals surface area contributed by atoms with E-state index in [1.54, 1.807) is 0 Å². The summed E-state index contributed by atoms with van der Waals surface area (Å²) in [5, 5.41) is 0. The lowest BCUT2D eigenvalue weighted by Crippen LogP contribution is -2.42. The highest BCUT2D eigenvalue weighted by Crippen LogP contribution is 2.28. The summed E-state index contributed by atoms with van der Waals surface area (Å²) >= 11 is 0. The number of carbonyl (C=O) groups is 1. The zero-order chi connectivity index (χ0) is 15.9. The van der Waals surface area contributed by atoms with E-state index in [9.17, 15) is 4.79 Å². The van der Waals surface area contributed by atoms with Gasteiger partial charge < -0.3 is 14.4 Å². The summed E-state index contributed by atoms with van der Waals surface area (Å²) < 4.78 is 10.8. The van der Waals surface area contributed by atoms with E-state index in [4.69, 9.17) is 9.47 Å². The lowest BCUT2D eigenvalue weighted by Gasteiger charge is -2.37. The molecule has 1 aliphatic rings. The van der Waals surface area contributed by atoms with Crippen LogP contribution in [0.5, 0.6) is 5.75 Å². The van der Waals surface area contributed by atoms with Gasteiger partial charge in [0.1, 0.15) is 12.4 Å². The molecule has 0 saturated carbocycles. The van der Waals surface area contributed by atoms with Gasteiger partial charge in [-0.05, 0) is 57.8 Å². The van der Waals surface area contributed by atoms with Crippen LogP contribution in [0.25, 0.3) is 0 Å². The molecule has 4 heteroatoms. The fourth-order valence-corrected chi connectivity index (χ4v) is 3.09. The van der Waals surface area contributed by atoms with Crippen LogP contribution >= 0.6 is 0 Å². The van der Waals surface area contributed by atoms with Crippen molar-refractivity contribution in [1.82, 2.24) is 4.90 Å². The van der Waals surface area contributed by atoms with E-state index in [2.05, 4.69) is 18.7 Å². The van der Waals surface area contributed by atoms with Crippen LogP contribution in [0.15, 0.2) is 30.3 Å². The summed E-state index contributed by atoms with van der Waals surface area (Å²) in [4.78, 5) is 14.6. The van der Waals surface area contributed by atoms with Crippen molar-refractivity contribution in [2.45, 2.75) is 32.7 Å². The van der Waals surface area contributed by atoms with Crippen LogP contribution in [0, 0.1) is 11.8 Å². The molecule has 22 heavy (non-hydrogen) atoms. The van der Waals surface area contributed by atoms with Crippen molar-refractivity contribution in [3.05, 3.63) is 30.3 Å². The molecule has 1 aromatic rings. The first-order chi connectivity index (χ1) is 10.6. The van der Waals surface area contributed by atoms with Gasteiger partial charge in [-0.3, -0.25) is 4.79 Å². The van der Waals surface area contributed by atoms with Crippen LogP contribution in [0.1, 0.15) is 26.7 Å². The first kappa shape index (κ1) is 16.8. The van der Waals surface area contributed by atoms with E-state index in [1.165, 1.54) is 7.11 Å². The standard InChI is InChI=1S/C18H27NO3/c1-14(2)19-11-9-15(10-12-19)17(18(20)21-3)13-22-16-7-5-4-6-8-16/h4-8,14-15,17H,9-13H2,1-3H3. The molecule has 1 unspecified atom stereocenters. The molecule has 0 amide bonds. The Bertz CT molecular complexity index is 453. The lowest BCUT2D eigenvalue weighted by atomic mass is 9.84. The minimum absolute atomic E-state index is 0.154. The van der Waals surface area contributed by atoms with Gasteiger partial charge in [0.25, 0.3) is 0 Å². The summed E-state index contributed by atoms with van der Waals surface area (Å²) in [6.45, 7) is 6.92. The molecule has 1 aliphatic heterocycles. The van der Waals surface area contributed by atoms with E-state index in [1.807, 2.05) is 30.3 Å². The van der Waals surface area contributed by atoms with Crippen LogP contribution in [-0.2, 0) is 9.53 Å². The van der Waals surface area contributed by atoms with Gasteiger partial charge in [-0.1, -0.05) is 18.2 Å². The smallest absolute Gasteiger partial charge is 0.312 e. The molecule has 0 bridgehead atoms. The van der Waals surface area contributed by atoms with Crippen LogP contribution in [0.3, 0.4) is 0 Å². The van der Waals surface area contributed by atoms with Crippen LogP contribution in [0.4, 0.5) is 0 Å². The maximum Gasteiger partial charge on any atom is 0.312 e. The number of rotatable bonds is 6. The van der Waals surface area contributed by atoms with Crippen molar-refractivity contribution in [2.75, 3.05) is 26.8 Å². The minimum atomic E-state index is -0.181. The number of piperidine rings is 1. The Balaban J connectivity index is 1.94. The second kappa shape index (κ2) is 8.18. The largest absolute Gasteiger partial charge is 0.493 e. The Kier molecular flexibility index (Phi) is 6.25. The zero-order valence-corrected chi connectivity index (χ0v) is 13.8. The molecular formula is C18H27NO3. The van der Waals surface area contributed by atoms with Gasteiger partial charge in [0.2, 0.25) is 0 Å². The average Bonchev–Trinajstić information content (AvgIpc) is 2.56. The van der Waals surface area contributed by atoms with Gasteiger partial charge >= 0.3 is 5.97 Å². The lowest BCUT2D eigenvalue weighted by molar-refractivity contribution is -0.149. The second-order valence-electron chi connectivity index (χ2n) is 6.22. The van der Waals surface area contributed by atoms with Gasteiger partial charge in [0.05, 0.1) is 13.0 Å². The molecule has 2 rings (SSSR count). The number of esters is 1. The molecule has 0 N–H and O–H groups in total. The Labute approximate surface area is 133 Å². The molecule has 1 heterocycles. The Morgan fingerprint density at radius 3 is 2.41 bits per heavy atom. The van der Waals surface area contributed by atoms with Crippen LogP contribution < -0.4 is 4.74 Å². The molecule has 0 aliphatic carbocycles. The van der Waals surface area contributed by atoms with E-state index >= 15 is 0 Å². The predicted octanol–water partition coefficient (Wildman–Crippen LogP) is 2.98. The van der Waals surface area contributed by atoms with Crippen molar-refractivity contribution in [1.29, 1.82) is 0 Å². The number of nitrogens with zero attached hydrogens (tertiary/aromatic N) is 1. The van der Waals surface area contributed by atoms with Gasteiger partial charge in [-0.2, -0.15) is 0 Å². The summed E-state index contributed by atoms with van der Waals surface area (Å²) in [5.41, 5.74) is 0. The number of para-hydroxylation sites is 1. The van der Waals surface area contributed by atoms with Crippen molar-refractivity contribution >= 4 is 5.97 Å². The van der Waals surface area contributed by atoms with E-state index in [0.717, 1.165) is 31.7 Å². The number of hydrogen-bond donors (Lipinski definition) is 0. The topological polar surface area (TPSA) is 38.8 Å². The fraction of sp³-hybridized carbons (Fsp3) is 0.611. The molecular weight excluding hydrogens is 278 g/mol. The molecule has 1 fully saturated rings. The van der Waals surface area contributed by atoms with Crippen molar-refractivity contribution in [2.24, 2.45) is 11.8 Å². The molecule has 1 atom stereocenters. The molecule has 1 aromatic carbocycles. The maximum absolute atomic E-state index is 12.1. The molecule has 1 saturated heterocycles. The Morgan fingerprint density at radius 1 is 1.23 bits per heavy atom. The Morgan fingerprint density at radius 2 is 1.86 bits per heavy atom. The molecule has 122 valence electrons. The van der Waals surface area contributed by atoms with Crippen LogP contribution in [-0.4, -0.2) is 43.7 Å². The summed E-state index contributed by atoms with van der Waals surface area (Å²) in [5.74, 6) is 0.806. The van der Waals surface area contributed by atoms with Gasteiger partial charge in [-0.15, -0.1) is 0 Å². The number of carbonyl (C=O) groups excluding carboxylic acids is 1. The number of ether oxygens (including phenoxy) is 2. The van der Waals surface area contributed by atoms with Crippen molar-refractivity contribution < 1.29 is 14.3 Å². The highest BCUT2D eigenvalue weighted by atomic mass is 16.5. The second-order valence-corrected chi connectivity index (χ2v) is 6.22. The third-order valence-corrected chi connectivity index (χ3v) is 4.55. The highest BCUT2D eigenvalue weighted by molar-refractivity contribution is 5.72. The SMILES string of the molecule is COC(=O)C(COc1ccccc1)C1CCN(C(C)C)CC1. The normalized spacial score (nSPS) is 18.2. The molecule has 0 spiro atoms. The molecule has 0 aromatic heterocycles. The number of benzene rings is 1. The minimum Gasteiger partial charge on any atom is -0.493 e. The van der Waals surface area contributed by atoms with Gasteiger partial charge in [-0.25, -0.2) is 0 Å². The summed E-state index contributed by atoms with van der Waals surface area (Å²) in [7, 11) is 1.46. The zero-order valence-electron chi connectivity index (χ0n) is 13.8. The summed E-state index contributed by atoms with van der Waals surface area (Å²) in [6, 6.07) is 10.2. The maximum atomic E-state index is 12.1. The number of methoxy groups -OCH3 is 1. The summed E-state index contributed by atoms with van der Waals surface area (Å²) in [6.07, 6.45) is 2.05. The third kappa shape index (κ3) is 4.47. The molecule has 4 nitrogen and oxygen atoms in total. The van der Waals surface area contributed by atoms with Crippen molar-refractivity contribution in [3.8, 4) is 5.75 Å². The first-order valence-electron chi connectivity index (χ1n) is 8.11. The first-order valence-corrected chi connectivity index (χ1v) is 8.11. The fourth-order valence-electron chi connectivity index (χ4n) is 3.09. The highest BCUT2D eigenvalue weighted by Gasteiger charge is 2.33. The third-order valence-electron chi connectivity index (χ3n) is 4.55. The van der Waals surface area contributed by atoms with E-state index in [0.29, 0.717) is 18.6 Å². The average molecular weight is 305 g/mol. The van der Waals surface area contributed by atoms with Gasteiger partial charge in [0.15, 0.2) is 0 Å². The van der Waals surface area contributed by atoms with Gasteiger partial charge in [0, 0.05) is 6.04 Å². The number of likely N-dealkylation sites (tertiary alicyclic amines) is 1.